The van der Waals surface area contributed by atoms with Crippen molar-refractivity contribution in [2.45, 2.75) is 58.9 Å². The average Bonchev–Trinajstić information content (AvgIpc) is 2.24. The fourth-order valence-electron chi connectivity index (χ4n) is 1.41. The van der Waals surface area contributed by atoms with Gasteiger partial charge in [0.1, 0.15) is 0 Å². The quantitative estimate of drug-likeness (QED) is 0.655. The van der Waals surface area contributed by atoms with Gasteiger partial charge < -0.3 is 10.5 Å². The molecule has 0 saturated heterocycles. The second-order valence-corrected chi connectivity index (χ2v) is 4.27. The molecular formula is C12H27NO. The van der Waals surface area contributed by atoms with Crippen LogP contribution in [0, 0.1) is 5.92 Å². The zero-order valence-corrected chi connectivity index (χ0v) is 10.3. The highest BCUT2D eigenvalue weighted by molar-refractivity contribution is 4.80. The lowest BCUT2D eigenvalue weighted by molar-refractivity contribution is 0.0545. The van der Waals surface area contributed by atoms with Crippen molar-refractivity contribution in [2.24, 2.45) is 11.7 Å². The van der Waals surface area contributed by atoms with Crippen molar-refractivity contribution in [3.05, 3.63) is 0 Å². The third-order valence-corrected chi connectivity index (χ3v) is 3.31. The van der Waals surface area contributed by atoms with Gasteiger partial charge in [-0.1, -0.05) is 40.5 Å². The van der Waals surface area contributed by atoms with Crippen molar-refractivity contribution in [1.82, 2.24) is 0 Å². The lowest BCUT2D eigenvalue weighted by Gasteiger charge is -2.27. The monoisotopic (exact) mass is 201 g/mol. The molecule has 0 heterocycles. The van der Waals surface area contributed by atoms with Crippen LogP contribution in [-0.4, -0.2) is 18.8 Å². The van der Waals surface area contributed by atoms with Gasteiger partial charge in [0.2, 0.25) is 0 Å². The topological polar surface area (TPSA) is 35.2 Å². The number of hydrogen-bond acceptors (Lipinski definition) is 2. The van der Waals surface area contributed by atoms with Crippen LogP contribution in [0.2, 0.25) is 0 Å². The minimum absolute atomic E-state index is 0.105. The summed E-state index contributed by atoms with van der Waals surface area (Å²) < 4.78 is 5.70. The van der Waals surface area contributed by atoms with E-state index in [1.54, 1.807) is 0 Å². The molecule has 0 radical (unpaired) electrons. The molecule has 2 heteroatoms. The van der Waals surface area contributed by atoms with Gasteiger partial charge in [-0.2, -0.15) is 0 Å². The minimum Gasteiger partial charge on any atom is -0.379 e. The van der Waals surface area contributed by atoms with Gasteiger partial charge in [-0.3, -0.25) is 0 Å². The molecule has 0 aliphatic carbocycles. The normalized spacial score (nSPS) is 12.4. The Bertz CT molecular complexity index is 128. The van der Waals surface area contributed by atoms with Gasteiger partial charge in [0.15, 0.2) is 0 Å². The van der Waals surface area contributed by atoms with Crippen molar-refractivity contribution in [2.75, 3.05) is 13.2 Å². The highest BCUT2D eigenvalue weighted by atomic mass is 16.5. The van der Waals surface area contributed by atoms with Crippen LogP contribution in [0.3, 0.4) is 0 Å². The van der Waals surface area contributed by atoms with Crippen LogP contribution in [0.15, 0.2) is 0 Å². The Balaban J connectivity index is 3.70. The van der Waals surface area contributed by atoms with E-state index >= 15 is 0 Å². The van der Waals surface area contributed by atoms with Crippen LogP contribution < -0.4 is 5.73 Å². The molecule has 0 aromatic rings. The number of nitrogens with two attached hydrogens (primary N) is 1. The van der Waals surface area contributed by atoms with E-state index in [4.69, 9.17) is 10.5 Å². The third kappa shape index (κ3) is 4.97. The molecule has 0 rings (SSSR count). The Morgan fingerprint density at radius 3 is 1.93 bits per heavy atom. The highest BCUT2D eigenvalue weighted by Gasteiger charge is 2.20. The standard InChI is InChI=1S/C12H27NO/c1-5-11(6-2)9-14-10-12(13,7-3)8-4/h11H,5-10,13H2,1-4H3. The fourth-order valence-corrected chi connectivity index (χ4v) is 1.41. The van der Waals surface area contributed by atoms with Crippen LogP contribution in [0.25, 0.3) is 0 Å². The molecule has 0 atom stereocenters. The first kappa shape index (κ1) is 13.9. The summed E-state index contributed by atoms with van der Waals surface area (Å²) in [5.74, 6) is 0.702. The maximum atomic E-state index is 6.14. The van der Waals surface area contributed by atoms with Crippen molar-refractivity contribution in [3.8, 4) is 0 Å². The number of hydrogen-bond donors (Lipinski definition) is 1. The van der Waals surface area contributed by atoms with Gasteiger partial charge in [0, 0.05) is 12.1 Å². The number of ether oxygens (including phenoxy) is 1. The largest absolute Gasteiger partial charge is 0.379 e. The molecule has 0 aromatic carbocycles. The number of rotatable bonds is 8. The SMILES string of the molecule is CCC(CC)COCC(N)(CC)CC. The van der Waals surface area contributed by atoms with Crippen molar-refractivity contribution < 1.29 is 4.74 Å². The molecule has 0 spiro atoms. The molecule has 0 aliphatic heterocycles. The predicted octanol–water partition coefficient (Wildman–Crippen LogP) is 2.96. The van der Waals surface area contributed by atoms with E-state index < -0.39 is 0 Å². The van der Waals surface area contributed by atoms with Gasteiger partial charge in [-0.25, -0.2) is 0 Å². The molecule has 0 fully saturated rings. The fraction of sp³-hybridized carbons (Fsp3) is 1.00. The maximum absolute atomic E-state index is 6.14. The first-order chi connectivity index (χ1) is 6.61. The molecule has 2 N–H and O–H groups in total. The molecular weight excluding hydrogens is 174 g/mol. The summed E-state index contributed by atoms with van der Waals surface area (Å²) in [6, 6.07) is 0. The predicted molar refractivity (Wildman–Crippen MR) is 62.4 cm³/mol. The Morgan fingerprint density at radius 1 is 1.07 bits per heavy atom. The summed E-state index contributed by atoms with van der Waals surface area (Å²) in [4.78, 5) is 0. The maximum Gasteiger partial charge on any atom is 0.0646 e. The van der Waals surface area contributed by atoms with Crippen LogP contribution in [0.4, 0.5) is 0 Å². The Morgan fingerprint density at radius 2 is 1.57 bits per heavy atom. The third-order valence-electron chi connectivity index (χ3n) is 3.31. The molecule has 14 heavy (non-hydrogen) atoms. The van der Waals surface area contributed by atoms with Crippen LogP contribution in [-0.2, 0) is 4.74 Å². The Kier molecular flexibility index (Phi) is 7.20. The highest BCUT2D eigenvalue weighted by Crippen LogP contribution is 2.14. The van der Waals surface area contributed by atoms with E-state index in [1.807, 2.05) is 0 Å². The molecule has 0 unspecified atom stereocenters. The second-order valence-electron chi connectivity index (χ2n) is 4.27. The summed E-state index contributed by atoms with van der Waals surface area (Å²) in [7, 11) is 0. The first-order valence-electron chi connectivity index (χ1n) is 5.98. The van der Waals surface area contributed by atoms with Crippen molar-refractivity contribution in [1.29, 1.82) is 0 Å². The van der Waals surface area contributed by atoms with E-state index in [1.165, 1.54) is 12.8 Å². The average molecular weight is 201 g/mol. The summed E-state index contributed by atoms with van der Waals surface area (Å²) in [6.07, 6.45) is 4.39. The molecule has 0 aliphatic rings. The van der Waals surface area contributed by atoms with E-state index in [0.29, 0.717) is 12.5 Å². The molecule has 0 saturated carbocycles. The first-order valence-corrected chi connectivity index (χ1v) is 5.98. The zero-order chi connectivity index (χ0) is 11.0. The van der Waals surface area contributed by atoms with Crippen LogP contribution in [0.1, 0.15) is 53.4 Å². The lowest BCUT2D eigenvalue weighted by atomic mass is 9.95. The lowest BCUT2D eigenvalue weighted by Crippen LogP contribution is -2.43. The molecule has 86 valence electrons. The second kappa shape index (κ2) is 7.24. The zero-order valence-electron chi connectivity index (χ0n) is 10.3. The summed E-state index contributed by atoms with van der Waals surface area (Å²) in [5, 5.41) is 0. The van der Waals surface area contributed by atoms with E-state index in [-0.39, 0.29) is 5.54 Å². The molecule has 0 aromatic heterocycles. The van der Waals surface area contributed by atoms with Gasteiger partial charge in [0.25, 0.3) is 0 Å². The Labute approximate surface area is 89.2 Å². The van der Waals surface area contributed by atoms with Crippen molar-refractivity contribution in [3.63, 3.8) is 0 Å². The smallest absolute Gasteiger partial charge is 0.0646 e. The molecule has 0 amide bonds. The van der Waals surface area contributed by atoms with Gasteiger partial charge >= 0.3 is 0 Å². The Hall–Kier alpha value is -0.0800. The van der Waals surface area contributed by atoms with E-state index in [2.05, 4.69) is 27.7 Å². The molecule has 2 nitrogen and oxygen atoms in total. The van der Waals surface area contributed by atoms with Crippen LogP contribution in [0.5, 0.6) is 0 Å². The van der Waals surface area contributed by atoms with E-state index in [0.717, 1.165) is 19.4 Å². The van der Waals surface area contributed by atoms with Gasteiger partial charge in [-0.15, -0.1) is 0 Å². The summed E-state index contributed by atoms with van der Waals surface area (Å²) in [6.45, 7) is 10.3. The summed E-state index contributed by atoms with van der Waals surface area (Å²) in [5.41, 5.74) is 6.04. The van der Waals surface area contributed by atoms with Gasteiger partial charge in [-0.05, 0) is 18.8 Å². The molecule has 0 bridgehead atoms. The van der Waals surface area contributed by atoms with E-state index in [9.17, 15) is 0 Å². The van der Waals surface area contributed by atoms with Gasteiger partial charge in [0.05, 0.1) is 6.61 Å². The summed E-state index contributed by atoms with van der Waals surface area (Å²) >= 11 is 0. The minimum atomic E-state index is -0.105. The van der Waals surface area contributed by atoms with Crippen molar-refractivity contribution >= 4 is 0 Å². The van der Waals surface area contributed by atoms with Crippen LogP contribution >= 0.6 is 0 Å².